The lowest BCUT2D eigenvalue weighted by Gasteiger charge is -2.16. The van der Waals surface area contributed by atoms with Gasteiger partial charge in [0, 0.05) is 6.04 Å². The zero-order valence-corrected chi connectivity index (χ0v) is 8.04. The monoisotopic (exact) mass is 181 g/mol. The van der Waals surface area contributed by atoms with E-state index in [1.54, 1.807) is 20.8 Å². The van der Waals surface area contributed by atoms with Crippen molar-refractivity contribution in [2.45, 2.75) is 32.5 Å². The zero-order chi connectivity index (χ0) is 9.07. The van der Waals surface area contributed by atoms with Crippen LogP contribution in [0.3, 0.4) is 0 Å². The lowest BCUT2D eigenvalue weighted by molar-refractivity contribution is 0.241. The highest BCUT2D eigenvalue weighted by Crippen LogP contribution is 2.46. The van der Waals surface area contributed by atoms with Gasteiger partial charge in [0.1, 0.15) is 0 Å². The van der Waals surface area contributed by atoms with Crippen LogP contribution in [0.5, 0.6) is 0 Å². The second-order valence-electron chi connectivity index (χ2n) is 2.93. The van der Waals surface area contributed by atoms with Crippen LogP contribution in [-0.2, 0) is 9.09 Å². The number of hydrogen-bond donors (Lipinski definition) is 2. The topological polar surface area (TPSA) is 72.5 Å². The van der Waals surface area contributed by atoms with Crippen LogP contribution in [0.2, 0.25) is 0 Å². The van der Waals surface area contributed by atoms with Crippen molar-refractivity contribution in [1.29, 1.82) is 0 Å². The summed E-state index contributed by atoms with van der Waals surface area (Å²) in [6.07, 6.45) is 0. The first-order valence-electron chi connectivity index (χ1n) is 3.59. The van der Waals surface area contributed by atoms with Gasteiger partial charge in [-0.2, -0.15) is 0 Å². The summed E-state index contributed by atoms with van der Waals surface area (Å²) in [5.41, 5.74) is 4.98. The van der Waals surface area contributed by atoms with Gasteiger partial charge in [0.05, 0.1) is 12.3 Å². The van der Waals surface area contributed by atoms with Gasteiger partial charge in [-0.3, -0.25) is 4.57 Å². The molecule has 0 rings (SSSR count). The SMILES string of the molecule is CC(N)COP(=O)(O)C(C)C. The van der Waals surface area contributed by atoms with E-state index in [9.17, 15) is 4.57 Å². The largest absolute Gasteiger partial charge is 0.330 e. The molecule has 0 heterocycles. The molecule has 0 fully saturated rings. The average Bonchev–Trinajstić information content (AvgIpc) is 1.84. The van der Waals surface area contributed by atoms with Crippen LogP contribution in [0.1, 0.15) is 20.8 Å². The van der Waals surface area contributed by atoms with Crippen LogP contribution in [-0.4, -0.2) is 23.2 Å². The Labute approximate surface area is 67.3 Å². The summed E-state index contributed by atoms with van der Waals surface area (Å²) < 4.78 is 15.8. The van der Waals surface area contributed by atoms with E-state index in [4.69, 9.17) is 15.2 Å². The Kier molecular flexibility index (Phi) is 4.26. The number of rotatable bonds is 4. The Bertz CT molecular complexity index is 158. The molecule has 5 heteroatoms. The second kappa shape index (κ2) is 4.21. The first-order valence-corrected chi connectivity index (χ1v) is 5.23. The minimum atomic E-state index is -3.40. The van der Waals surface area contributed by atoms with Gasteiger partial charge in [-0.05, 0) is 6.92 Å². The maximum atomic E-state index is 11.1. The molecule has 0 saturated heterocycles. The summed E-state index contributed by atoms with van der Waals surface area (Å²) in [4.78, 5) is 9.12. The van der Waals surface area contributed by atoms with E-state index in [2.05, 4.69) is 0 Å². The molecular formula is C6H16NO3P. The van der Waals surface area contributed by atoms with Crippen molar-refractivity contribution in [3.05, 3.63) is 0 Å². The van der Waals surface area contributed by atoms with Crippen LogP contribution in [0.15, 0.2) is 0 Å². The van der Waals surface area contributed by atoms with E-state index in [0.29, 0.717) is 0 Å². The quantitative estimate of drug-likeness (QED) is 0.633. The van der Waals surface area contributed by atoms with E-state index in [-0.39, 0.29) is 18.3 Å². The van der Waals surface area contributed by atoms with Gasteiger partial charge in [-0.15, -0.1) is 0 Å². The summed E-state index contributed by atoms with van der Waals surface area (Å²) >= 11 is 0. The summed E-state index contributed by atoms with van der Waals surface area (Å²) in [5, 5.41) is 0. The van der Waals surface area contributed by atoms with Gasteiger partial charge in [0.25, 0.3) is 0 Å². The Balaban J connectivity index is 3.84. The van der Waals surface area contributed by atoms with Crippen LogP contribution in [0, 0.1) is 0 Å². The maximum Gasteiger partial charge on any atom is 0.330 e. The molecule has 4 nitrogen and oxygen atoms in total. The van der Waals surface area contributed by atoms with Gasteiger partial charge in [-0.25, -0.2) is 0 Å². The Morgan fingerprint density at radius 3 is 2.27 bits per heavy atom. The van der Waals surface area contributed by atoms with Crippen molar-refractivity contribution in [3.8, 4) is 0 Å². The fraction of sp³-hybridized carbons (Fsp3) is 1.00. The van der Waals surface area contributed by atoms with E-state index in [1.807, 2.05) is 0 Å². The van der Waals surface area contributed by atoms with Crippen molar-refractivity contribution in [1.82, 2.24) is 0 Å². The van der Waals surface area contributed by atoms with Gasteiger partial charge in [-0.1, -0.05) is 13.8 Å². The lowest BCUT2D eigenvalue weighted by Crippen LogP contribution is -2.22. The summed E-state index contributed by atoms with van der Waals surface area (Å²) in [5.74, 6) is 0. The average molecular weight is 181 g/mol. The molecular weight excluding hydrogens is 165 g/mol. The highest BCUT2D eigenvalue weighted by Gasteiger charge is 2.24. The third-order valence-corrected chi connectivity index (χ3v) is 3.00. The Morgan fingerprint density at radius 2 is 2.00 bits per heavy atom. The van der Waals surface area contributed by atoms with Crippen LogP contribution >= 0.6 is 7.60 Å². The van der Waals surface area contributed by atoms with E-state index in [1.165, 1.54) is 0 Å². The third kappa shape index (κ3) is 4.53. The molecule has 2 atom stereocenters. The van der Waals surface area contributed by atoms with Crippen molar-refractivity contribution >= 4 is 7.60 Å². The molecule has 2 unspecified atom stereocenters. The first kappa shape index (κ1) is 11.1. The molecule has 3 N–H and O–H groups in total. The molecule has 11 heavy (non-hydrogen) atoms. The summed E-state index contributed by atoms with van der Waals surface area (Å²) in [6, 6.07) is -0.200. The van der Waals surface area contributed by atoms with Crippen LogP contribution in [0.25, 0.3) is 0 Å². The predicted molar refractivity (Wildman–Crippen MR) is 44.6 cm³/mol. The minimum Gasteiger partial charge on any atom is -0.326 e. The van der Waals surface area contributed by atoms with Gasteiger partial charge in [0.2, 0.25) is 0 Å². The highest BCUT2D eigenvalue weighted by atomic mass is 31.2. The van der Waals surface area contributed by atoms with Crippen LogP contribution in [0.4, 0.5) is 0 Å². The van der Waals surface area contributed by atoms with Gasteiger partial charge in [0.15, 0.2) is 0 Å². The molecule has 68 valence electrons. The molecule has 0 saturated carbocycles. The lowest BCUT2D eigenvalue weighted by atomic mass is 10.4. The number of nitrogens with two attached hydrogens (primary N) is 1. The molecule has 0 aliphatic carbocycles. The Hall–Kier alpha value is 0.110. The molecule has 0 bridgehead atoms. The van der Waals surface area contributed by atoms with Gasteiger partial charge >= 0.3 is 7.60 Å². The summed E-state index contributed by atoms with van der Waals surface area (Å²) in [6.45, 7) is 5.14. The third-order valence-electron chi connectivity index (χ3n) is 1.17. The predicted octanol–water partition coefficient (Wildman–Crippen LogP) is 0.944. The molecule has 0 radical (unpaired) electrons. The van der Waals surface area contributed by atoms with Gasteiger partial charge < -0.3 is 15.2 Å². The van der Waals surface area contributed by atoms with Crippen molar-refractivity contribution in [2.75, 3.05) is 6.61 Å². The van der Waals surface area contributed by atoms with E-state index in [0.717, 1.165) is 0 Å². The van der Waals surface area contributed by atoms with Crippen molar-refractivity contribution in [2.24, 2.45) is 5.73 Å². The first-order chi connectivity index (χ1) is 4.86. The highest BCUT2D eigenvalue weighted by molar-refractivity contribution is 7.53. The van der Waals surface area contributed by atoms with E-state index < -0.39 is 7.60 Å². The molecule has 0 aliphatic rings. The van der Waals surface area contributed by atoms with Crippen molar-refractivity contribution < 1.29 is 14.0 Å². The summed E-state index contributed by atoms with van der Waals surface area (Å²) in [7, 11) is -3.40. The fourth-order valence-corrected chi connectivity index (χ4v) is 1.12. The molecule has 0 aromatic carbocycles. The smallest absolute Gasteiger partial charge is 0.326 e. The molecule has 0 aromatic heterocycles. The standard InChI is InChI=1S/C6H16NO3P/c1-5(2)11(8,9)10-4-6(3)7/h5-6H,4,7H2,1-3H3,(H,8,9). The molecule has 0 aromatic rings. The normalized spacial score (nSPS) is 19.8. The molecule has 0 amide bonds. The molecule has 0 spiro atoms. The maximum absolute atomic E-state index is 11.1. The fourth-order valence-electron chi connectivity index (χ4n) is 0.373. The van der Waals surface area contributed by atoms with E-state index >= 15 is 0 Å². The Morgan fingerprint density at radius 1 is 1.55 bits per heavy atom. The number of hydrogen-bond acceptors (Lipinski definition) is 3. The minimum absolute atomic E-state index is 0.131. The van der Waals surface area contributed by atoms with Crippen LogP contribution < -0.4 is 5.73 Å². The zero-order valence-electron chi connectivity index (χ0n) is 7.15. The molecule has 0 aliphatic heterocycles. The second-order valence-corrected chi connectivity index (χ2v) is 5.35. The van der Waals surface area contributed by atoms with Crippen molar-refractivity contribution in [3.63, 3.8) is 0 Å².